The van der Waals surface area contributed by atoms with Crippen LogP contribution in [-0.2, 0) is 6.42 Å². The zero-order chi connectivity index (χ0) is 9.47. The van der Waals surface area contributed by atoms with Gasteiger partial charge in [0.1, 0.15) is 5.82 Å². The molecule has 1 unspecified atom stereocenters. The van der Waals surface area contributed by atoms with Crippen LogP contribution in [0.2, 0.25) is 0 Å². The highest BCUT2D eigenvalue weighted by molar-refractivity contribution is 5.01. The molecular formula is C11H18N2. The molecule has 1 aliphatic heterocycles. The van der Waals surface area contributed by atoms with Gasteiger partial charge in [0, 0.05) is 24.9 Å². The second-order valence-corrected chi connectivity index (χ2v) is 5.02. The zero-order valence-electron chi connectivity index (χ0n) is 8.75. The normalized spacial score (nSPS) is 22.8. The van der Waals surface area contributed by atoms with Crippen molar-refractivity contribution in [1.29, 1.82) is 0 Å². The van der Waals surface area contributed by atoms with Crippen molar-refractivity contribution in [3.63, 3.8) is 0 Å². The van der Waals surface area contributed by atoms with Crippen LogP contribution in [0.5, 0.6) is 0 Å². The van der Waals surface area contributed by atoms with E-state index in [0.717, 1.165) is 6.42 Å². The molecule has 0 saturated heterocycles. The van der Waals surface area contributed by atoms with Crippen molar-refractivity contribution in [2.45, 2.75) is 46.1 Å². The number of hydrogen-bond acceptors (Lipinski definition) is 1. The summed E-state index contributed by atoms with van der Waals surface area (Å²) in [6.45, 7) is 6.94. The molecule has 0 radical (unpaired) electrons. The molecule has 72 valence electrons. The molecule has 1 atom stereocenters. The molecule has 0 spiro atoms. The summed E-state index contributed by atoms with van der Waals surface area (Å²) in [5.74, 6) is 1.27. The molecule has 0 N–H and O–H groups in total. The topological polar surface area (TPSA) is 17.8 Å². The van der Waals surface area contributed by atoms with E-state index in [0.29, 0.717) is 11.5 Å². The average Bonchev–Trinajstić information content (AvgIpc) is 2.48. The summed E-state index contributed by atoms with van der Waals surface area (Å²) >= 11 is 0. The molecule has 1 aromatic rings. The molecule has 0 aliphatic carbocycles. The zero-order valence-corrected chi connectivity index (χ0v) is 8.75. The molecule has 13 heavy (non-hydrogen) atoms. The quantitative estimate of drug-likeness (QED) is 0.597. The third-order valence-electron chi connectivity index (χ3n) is 2.96. The third-order valence-corrected chi connectivity index (χ3v) is 2.96. The van der Waals surface area contributed by atoms with Crippen molar-refractivity contribution in [3.05, 3.63) is 18.2 Å². The molecule has 0 amide bonds. The van der Waals surface area contributed by atoms with E-state index in [-0.39, 0.29) is 0 Å². The van der Waals surface area contributed by atoms with E-state index in [9.17, 15) is 0 Å². The summed E-state index contributed by atoms with van der Waals surface area (Å²) in [5, 5.41) is 0. The van der Waals surface area contributed by atoms with Crippen molar-refractivity contribution in [2.75, 3.05) is 0 Å². The maximum absolute atomic E-state index is 4.38. The van der Waals surface area contributed by atoms with Gasteiger partial charge >= 0.3 is 0 Å². The van der Waals surface area contributed by atoms with Gasteiger partial charge in [0.25, 0.3) is 0 Å². The van der Waals surface area contributed by atoms with Crippen LogP contribution in [0.4, 0.5) is 0 Å². The lowest BCUT2D eigenvalue weighted by molar-refractivity contribution is 0.204. The third kappa shape index (κ3) is 1.50. The standard InChI is InChI=1S/C11H18N2/c1-11(2,3)9-5-4-6-10-12-7-8-13(9)10/h7-9H,4-6H2,1-3H3. The number of hydrogen-bond donors (Lipinski definition) is 0. The van der Waals surface area contributed by atoms with Crippen LogP contribution in [0, 0.1) is 5.41 Å². The summed E-state index contributed by atoms with van der Waals surface area (Å²) in [5.41, 5.74) is 0.357. The summed E-state index contributed by atoms with van der Waals surface area (Å²) in [4.78, 5) is 4.38. The van der Waals surface area contributed by atoms with E-state index in [1.807, 2.05) is 6.20 Å². The van der Waals surface area contributed by atoms with E-state index < -0.39 is 0 Å². The molecule has 2 nitrogen and oxygen atoms in total. The lowest BCUT2D eigenvalue weighted by Gasteiger charge is -2.35. The summed E-state index contributed by atoms with van der Waals surface area (Å²) in [6.07, 6.45) is 7.80. The highest BCUT2D eigenvalue weighted by Gasteiger charge is 2.29. The van der Waals surface area contributed by atoms with E-state index in [1.54, 1.807) is 0 Å². The molecule has 1 aromatic heterocycles. The Kier molecular flexibility index (Phi) is 1.94. The minimum Gasteiger partial charge on any atom is -0.331 e. The largest absolute Gasteiger partial charge is 0.331 e. The van der Waals surface area contributed by atoms with Gasteiger partial charge in [-0.3, -0.25) is 0 Å². The monoisotopic (exact) mass is 178 g/mol. The fraction of sp³-hybridized carbons (Fsp3) is 0.727. The van der Waals surface area contributed by atoms with Crippen LogP contribution in [0.1, 0.15) is 45.5 Å². The highest BCUT2D eigenvalue weighted by Crippen LogP contribution is 2.37. The van der Waals surface area contributed by atoms with Gasteiger partial charge in [0.05, 0.1) is 0 Å². The lowest BCUT2D eigenvalue weighted by atomic mass is 9.82. The number of imidazole rings is 1. The Bertz CT molecular complexity index is 293. The second kappa shape index (κ2) is 2.86. The Morgan fingerprint density at radius 3 is 2.92 bits per heavy atom. The summed E-state index contributed by atoms with van der Waals surface area (Å²) in [7, 11) is 0. The fourth-order valence-corrected chi connectivity index (χ4v) is 2.26. The molecule has 1 aliphatic rings. The first kappa shape index (κ1) is 8.79. The van der Waals surface area contributed by atoms with Crippen molar-refractivity contribution in [2.24, 2.45) is 5.41 Å². The highest BCUT2D eigenvalue weighted by atomic mass is 15.1. The SMILES string of the molecule is CC(C)(C)C1CCCc2nccn21. The lowest BCUT2D eigenvalue weighted by Crippen LogP contribution is -2.28. The molecule has 2 heteroatoms. The van der Waals surface area contributed by atoms with Gasteiger partial charge in [-0.15, -0.1) is 0 Å². The molecular weight excluding hydrogens is 160 g/mol. The van der Waals surface area contributed by atoms with Crippen LogP contribution in [0.15, 0.2) is 12.4 Å². The smallest absolute Gasteiger partial charge is 0.108 e. The Hall–Kier alpha value is -0.790. The Morgan fingerprint density at radius 1 is 1.46 bits per heavy atom. The number of aryl methyl sites for hydroxylation is 1. The van der Waals surface area contributed by atoms with Crippen molar-refractivity contribution in [1.82, 2.24) is 9.55 Å². The molecule has 2 heterocycles. The van der Waals surface area contributed by atoms with Crippen molar-refractivity contribution < 1.29 is 0 Å². The van der Waals surface area contributed by atoms with E-state index in [1.165, 1.54) is 18.7 Å². The van der Waals surface area contributed by atoms with Gasteiger partial charge in [0.2, 0.25) is 0 Å². The second-order valence-electron chi connectivity index (χ2n) is 5.02. The van der Waals surface area contributed by atoms with Gasteiger partial charge in [0.15, 0.2) is 0 Å². The van der Waals surface area contributed by atoms with E-state index in [4.69, 9.17) is 0 Å². The molecule has 0 fully saturated rings. The Morgan fingerprint density at radius 2 is 2.23 bits per heavy atom. The maximum Gasteiger partial charge on any atom is 0.108 e. The number of aromatic nitrogens is 2. The van der Waals surface area contributed by atoms with Crippen molar-refractivity contribution >= 4 is 0 Å². The van der Waals surface area contributed by atoms with Gasteiger partial charge in [-0.05, 0) is 18.3 Å². The maximum atomic E-state index is 4.38. The molecule has 0 aromatic carbocycles. The van der Waals surface area contributed by atoms with Crippen LogP contribution < -0.4 is 0 Å². The van der Waals surface area contributed by atoms with Gasteiger partial charge in [-0.25, -0.2) is 4.98 Å². The van der Waals surface area contributed by atoms with Crippen molar-refractivity contribution in [3.8, 4) is 0 Å². The minimum atomic E-state index is 0.357. The molecule has 0 bridgehead atoms. The molecule has 2 rings (SSSR count). The first-order valence-electron chi connectivity index (χ1n) is 5.11. The average molecular weight is 178 g/mol. The number of fused-ring (bicyclic) bond motifs is 1. The Labute approximate surface area is 80.0 Å². The fourth-order valence-electron chi connectivity index (χ4n) is 2.26. The van der Waals surface area contributed by atoms with E-state index in [2.05, 4.69) is 36.5 Å². The van der Waals surface area contributed by atoms with Gasteiger partial charge in [-0.1, -0.05) is 20.8 Å². The Balaban J connectivity index is 2.35. The van der Waals surface area contributed by atoms with E-state index >= 15 is 0 Å². The summed E-state index contributed by atoms with van der Waals surface area (Å²) in [6, 6.07) is 0.638. The molecule has 0 saturated carbocycles. The first-order valence-corrected chi connectivity index (χ1v) is 5.11. The predicted octanol–water partition coefficient (Wildman–Crippen LogP) is 2.81. The van der Waals surface area contributed by atoms with Crippen LogP contribution >= 0.6 is 0 Å². The summed E-state index contributed by atoms with van der Waals surface area (Å²) < 4.78 is 2.36. The van der Waals surface area contributed by atoms with Gasteiger partial charge in [-0.2, -0.15) is 0 Å². The first-order chi connectivity index (χ1) is 6.09. The van der Waals surface area contributed by atoms with Crippen LogP contribution in [0.3, 0.4) is 0 Å². The van der Waals surface area contributed by atoms with Gasteiger partial charge < -0.3 is 4.57 Å². The van der Waals surface area contributed by atoms with Crippen LogP contribution in [0.25, 0.3) is 0 Å². The number of rotatable bonds is 0. The minimum absolute atomic E-state index is 0.357. The number of nitrogens with zero attached hydrogens (tertiary/aromatic N) is 2. The predicted molar refractivity (Wildman–Crippen MR) is 53.7 cm³/mol. The van der Waals surface area contributed by atoms with Crippen LogP contribution in [-0.4, -0.2) is 9.55 Å².